The lowest BCUT2D eigenvalue weighted by molar-refractivity contribution is 0.0761. The molecular weight excluding hydrogens is 360 g/mol. The zero-order chi connectivity index (χ0) is 19.1. The van der Waals surface area contributed by atoms with Gasteiger partial charge in [-0.1, -0.05) is 0 Å². The normalized spacial score (nSPS) is 14.1. The molecule has 27 heavy (non-hydrogen) atoms. The number of carbonyl (C=O) groups is 2. The van der Waals surface area contributed by atoms with Crippen LogP contribution in [0.2, 0.25) is 0 Å². The molecule has 0 atom stereocenters. The number of thiazole rings is 1. The molecule has 0 spiro atoms. The van der Waals surface area contributed by atoms with Gasteiger partial charge in [0, 0.05) is 74.6 Å². The van der Waals surface area contributed by atoms with E-state index in [0.717, 1.165) is 33.5 Å². The quantitative estimate of drug-likeness (QED) is 0.684. The van der Waals surface area contributed by atoms with Crippen LogP contribution in [-0.4, -0.2) is 58.4 Å². The molecule has 4 rings (SSSR count). The molecule has 0 saturated heterocycles. The van der Waals surface area contributed by atoms with Gasteiger partial charge in [0.25, 0.3) is 11.8 Å². The largest absolute Gasteiger partial charge is 0.351 e. The Morgan fingerprint density at radius 3 is 2.70 bits per heavy atom. The van der Waals surface area contributed by atoms with Crippen LogP contribution in [0.1, 0.15) is 30.7 Å². The van der Waals surface area contributed by atoms with Gasteiger partial charge in [-0.05, 0) is 24.3 Å². The molecule has 0 N–H and O–H groups in total. The lowest BCUT2D eigenvalue weighted by atomic mass is 10.1. The summed E-state index contributed by atoms with van der Waals surface area (Å²) >= 11 is 1.46. The average molecular weight is 382 g/mol. The second-order valence-corrected chi connectivity index (χ2v) is 8.16. The molecule has 0 saturated carbocycles. The molecule has 1 aliphatic rings. The lowest BCUT2D eigenvalue weighted by Crippen LogP contribution is -2.33. The first-order valence-electron chi connectivity index (χ1n) is 8.98. The Bertz CT molecular complexity index is 1010. The molecule has 2 aromatic heterocycles. The molecule has 0 bridgehead atoms. The summed E-state index contributed by atoms with van der Waals surface area (Å²) in [6.45, 7) is 1.27. The summed E-state index contributed by atoms with van der Waals surface area (Å²) in [5.74, 6) is -0.00216. The first-order chi connectivity index (χ1) is 12.9. The van der Waals surface area contributed by atoms with Crippen molar-refractivity contribution in [2.75, 3.05) is 27.2 Å². The lowest BCUT2D eigenvalue weighted by Gasteiger charge is -2.20. The Morgan fingerprint density at radius 1 is 1.15 bits per heavy atom. The number of aryl methyl sites for hydroxylation is 1. The molecule has 0 aliphatic carbocycles. The van der Waals surface area contributed by atoms with Crippen molar-refractivity contribution in [3.8, 4) is 0 Å². The Hall–Kier alpha value is -2.67. The second kappa shape index (κ2) is 6.81. The molecule has 2 amide bonds. The first kappa shape index (κ1) is 17.7. The zero-order valence-electron chi connectivity index (χ0n) is 15.7. The van der Waals surface area contributed by atoms with Crippen molar-refractivity contribution < 1.29 is 9.59 Å². The number of hydrogen-bond donors (Lipinski definition) is 0. The molecule has 6 nitrogen and oxygen atoms in total. The van der Waals surface area contributed by atoms with Crippen LogP contribution in [0.5, 0.6) is 0 Å². The highest BCUT2D eigenvalue weighted by molar-refractivity contribution is 7.13. The fraction of sp³-hybridized carbons (Fsp3) is 0.350. The van der Waals surface area contributed by atoms with Gasteiger partial charge in [-0.15, -0.1) is 11.3 Å². The number of amides is 2. The monoisotopic (exact) mass is 382 g/mol. The fourth-order valence-electron chi connectivity index (χ4n) is 3.45. The Kier molecular flexibility index (Phi) is 4.47. The van der Waals surface area contributed by atoms with Gasteiger partial charge in [-0.25, -0.2) is 4.98 Å². The molecule has 0 unspecified atom stereocenters. The maximum Gasteiger partial charge on any atom is 0.282 e. The summed E-state index contributed by atoms with van der Waals surface area (Å²) < 4.78 is 2.05. The van der Waals surface area contributed by atoms with E-state index in [1.54, 1.807) is 19.0 Å². The minimum Gasteiger partial charge on any atom is -0.351 e. The van der Waals surface area contributed by atoms with Crippen LogP contribution in [0.3, 0.4) is 0 Å². The van der Waals surface area contributed by atoms with Gasteiger partial charge >= 0.3 is 0 Å². The van der Waals surface area contributed by atoms with E-state index >= 15 is 0 Å². The zero-order valence-corrected chi connectivity index (χ0v) is 16.5. The highest BCUT2D eigenvalue weighted by atomic mass is 32.1. The van der Waals surface area contributed by atoms with E-state index in [-0.39, 0.29) is 11.8 Å². The number of hydrogen-bond acceptors (Lipinski definition) is 4. The van der Waals surface area contributed by atoms with Gasteiger partial charge in [0.1, 0.15) is 0 Å². The predicted octanol–water partition coefficient (Wildman–Crippen LogP) is 2.58. The van der Waals surface area contributed by atoms with Gasteiger partial charge in [0.2, 0.25) is 0 Å². The van der Waals surface area contributed by atoms with E-state index in [0.29, 0.717) is 24.5 Å². The van der Waals surface area contributed by atoms with E-state index in [4.69, 9.17) is 0 Å². The molecule has 1 aliphatic heterocycles. The summed E-state index contributed by atoms with van der Waals surface area (Å²) in [6.07, 6.45) is 3.43. The van der Waals surface area contributed by atoms with Crippen molar-refractivity contribution in [3.05, 3.63) is 51.6 Å². The van der Waals surface area contributed by atoms with E-state index < -0.39 is 0 Å². The molecule has 0 fully saturated rings. The van der Waals surface area contributed by atoms with Crippen molar-refractivity contribution in [3.63, 3.8) is 0 Å². The smallest absolute Gasteiger partial charge is 0.282 e. The van der Waals surface area contributed by atoms with Gasteiger partial charge in [-0.3, -0.25) is 9.59 Å². The molecule has 3 heterocycles. The number of aromatic nitrogens is 2. The topological polar surface area (TPSA) is 58.4 Å². The van der Waals surface area contributed by atoms with Crippen LogP contribution in [0.15, 0.2) is 30.5 Å². The molecule has 0 radical (unpaired) electrons. The SMILES string of the molecule is CN(C)C(=O)c1nc2c(s1)CCN(C(=O)c1ccc3c(ccn3C)c1)CC2. The van der Waals surface area contributed by atoms with E-state index in [9.17, 15) is 9.59 Å². The highest BCUT2D eigenvalue weighted by Gasteiger charge is 2.24. The maximum absolute atomic E-state index is 13.0. The third kappa shape index (κ3) is 3.23. The number of fused-ring (bicyclic) bond motifs is 2. The van der Waals surface area contributed by atoms with E-state index in [1.807, 2.05) is 47.0 Å². The number of rotatable bonds is 2. The molecule has 140 valence electrons. The first-order valence-corrected chi connectivity index (χ1v) is 9.80. The number of nitrogens with zero attached hydrogens (tertiary/aromatic N) is 4. The number of carbonyl (C=O) groups excluding carboxylic acids is 2. The molecule has 7 heteroatoms. The van der Waals surface area contributed by atoms with Crippen LogP contribution in [0.25, 0.3) is 10.9 Å². The van der Waals surface area contributed by atoms with Gasteiger partial charge in [0.05, 0.1) is 5.69 Å². The Labute approximate surface area is 162 Å². The molecule has 3 aromatic rings. The maximum atomic E-state index is 13.0. The summed E-state index contributed by atoms with van der Waals surface area (Å²) in [6, 6.07) is 7.89. The average Bonchev–Trinajstić information content (AvgIpc) is 3.18. The third-order valence-electron chi connectivity index (χ3n) is 5.01. The van der Waals surface area contributed by atoms with Crippen LogP contribution < -0.4 is 0 Å². The fourth-order valence-corrected chi connectivity index (χ4v) is 4.56. The van der Waals surface area contributed by atoms with E-state index in [1.165, 1.54) is 11.3 Å². The summed E-state index contributed by atoms with van der Waals surface area (Å²) in [5.41, 5.74) is 2.79. The van der Waals surface area contributed by atoms with Crippen LogP contribution in [0, 0.1) is 0 Å². The Balaban J connectivity index is 1.51. The highest BCUT2D eigenvalue weighted by Crippen LogP contribution is 2.25. The van der Waals surface area contributed by atoms with E-state index in [2.05, 4.69) is 4.98 Å². The predicted molar refractivity (Wildman–Crippen MR) is 106 cm³/mol. The molecular formula is C20H22N4O2S. The summed E-state index contributed by atoms with van der Waals surface area (Å²) in [4.78, 5) is 34.2. The van der Waals surface area contributed by atoms with Gasteiger partial charge in [-0.2, -0.15) is 0 Å². The molecule has 1 aromatic carbocycles. The van der Waals surface area contributed by atoms with Crippen LogP contribution in [-0.2, 0) is 19.9 Å². The van der Waals surface area contributed by atoms with Crippen molar-refractivity contribution in [2.24, 2.45) is 7.05 Å². The van der Waals surface area contributed by atoms with Crippen LogP contribution >= 0.6 is 11.3 Å². The standard InChI is InChI=1S/C20H22N4O2S/c1-22(2)20(26)18-21-15-7-10-24(11-8-17(15)27-18)19(25)14-4-5-16-13(12-14)6-9-23(16)3/h4-6,9,12H,7-8,10-11H2,1-3H3. The summed E-state index contributed by atoms with van der Waals surface area (Å²) in [5, 5.41) is 1.62. The Morgan fingerprint density at radius 2 is 1.93 bits per heavy atom. The van der Waals surface area contributed by atoms with Gasteiger partial charge < -0.3 is 14.4 Å². The van der Waals surface area contributed by atoms with Crippen molar-refractivity contribution in [2.45, 2.75) is 12.8 Å². The van der Waals surface area contributed by atoms with Crippen molar-refractivity contribution in [1.82, 2.24) is 19.4 Å². The minimum atomic E-state index is -0.0582. The van der Waals surface area contributed by atoms with Crippen molar-refractivity contribution >= 4 is 34.1 Å². The van der Waals surface area contributed by atoms with Crippen molar-refractivity contribution in [1.29, 1.82) is 0 Å². The second-order valence-electron chi connectivity index (χ2n) is 7.08. The van der Waals surface area contributed by atoms with Crippen LogP contribution in [0.4, 0.5) is 0 Å². The summed E-state index contributed by atoms with van der Waals surface area (Å²) in [7, 11) is 5.47. The minimum absolute atomic E-state index is 0.0560. The third-order valence-corrected chi connectivity index (χ3v) is 6.16. The number of benzene rings is 1. The van der Waals surface area contributed by atoms with Gasteiger partial charge in [0.15, 0.2) is 5.01 Å².